The lowest BCUT2D eigenvalue weighted by molar-refractivity contribution is 0.299. The molecule has 0 aliphatic rings. The van der Waals surface area contributed by atoms with Crippen LogP contribution < -0.4 is 5.32 Å². The Morgan fingerprint density at radius 2 is 2.53 bits per heavy atom. The molecule has 15 heavy (non-hydrogen) atoms. The maximum atomic E-state index is 8.77. The van der Waals surface area contributed by atoms with Gasteiger partial charge in [0.25, 0.3) is 0 Å². The third-order valence-corrected chi connectivity index (χ3v) is 1.90. The van der Waals surface area contributed by atoms with Crippen LogP contribution in [0.15, 0.2) is 29.7 Å². The quantitative estimate of drug-likeness (QED) is 0.542. The first-order chi connectivity index (χ1) is 7.31. The summed E-state index contributed by atoms with van der Waals surface area (Å²) in [7, 11) is 3.53. The first-order valence-corrected chi connectivity index (χ1v) is 4.77. The Morgan fingerprint density at radius 1 is 1.73 bits per heavy atom. The largest absolute Gasteiger partial charge is 0.396 e. The van der Waals surface area contributed by atoms with Crippen molar-refractivity contribution in [1.29, 1.82) is 0 Å². The lowest BCUT2D eigenvalue weighted by Gasteiger charge is -1.99. The fourth-order valence-corrected chi connectivity index (χ4v) is 1.15. The van der Waals surface area contributed by atoms with Crippen molar-refractivity contribution in [3.8, 4) is 0 Å². The van der Waals surface area contributed by atoms with Gasteiger partial charge in [-0.2, -0.15) is 5.10 Å². The van der Waals surface area contributed by atoms with Gasteiger partial charge in [0.15, 0.2) is 0 Å². The van der Waals surface area contributed by atoms with E-state index < -0.39 is 0 Å². The maximum Gasteiger partial charge on any atom is 0.149 e. The van der Waals surface area contributed by atoms with Crippen LogP contribution in [0.5, 0.6) is 0 Å². The Kier molecular flexibility index (Phi) is 4.56. The molecular weight excluding hydrogens is 192 g/mol. The average molecular weight is 208 g/mol. The van der Waals surface area contributed by atoms with Gasteiger partial charge in [0, 0.05) is 26.9 Å². The number of hydrogen-bond acceptors (Lipinski definition) is 4. The molecule has 0 aliphatic carbocycles. The molecule has 0 spiro atoms. The molecule has 82 valence electrons. The molecular formula is C10H16N4O. The predicted molar refractivity (Wildman–Crippen MR) is 60.0 cm³/mol. The van der Waals surface area contributed by atoms with Crippen LogP contribution in [0.25, 0.3) is 0 Å². The highest BCUT2D eigenvalue weighted by Gasteiger charge is 2.01. The second-order valence-electron chi connectivity index (χ2n) is 2.97. The minimum Gasteiger partial charge on any atom is -0.396 e. The van der Waals surface area contributed by atoms with Gasteiger partial charge in [-0.15, -0.1) is 0 Å². The molecule has 1 aromatic heterocycles. The number of nitrogens with one attached hydrogen (secondary N) is 1. The Morgan fingerprint density at radius 3 is 3.13 bits per heavy atom. The molecule has 5 heteroatoms. The van der Waals surface area contributed by atoms with Crippen molar-refractivity contribution >= 4 is 5.84 Å². The number of hydrogen-bond donors (Lipinski definition) is 2. The van der Waals surface area contributed by atoms with Crippen molar-refractivity contribution < 1.29 is 5.11 Å². The molecule has 1 aromatic rings. The van der Waals surface area contributed by atoms with E-state index in [9.17, 15) is 0 Å². The average Bonchev–Trinajstić information content (AvgIpc) is 2.68. The van der Waals surface area contributed by atoms with Gasteiger partial charge in [-0.25, -0.2) is 4.68 Å². The van der Waals surface area contributed by atoms with Crippen molar-refractivity contribution in [2.45, 2.75) is 6.42 Å². The van der Waals surface area contributed by atoms with Crippen LogP contribution in [0.1, 0.15) is 5.56 Å². The van der Waals surface area contributed by atoms with Crippen LogP contribution in [-0.2, 0) is 6.42 Å². The van der Waals surface area contributed by atoms with E-state index in [1.807, 2.05) is 19.3 Å². The molecule has 0 aromatic carbocycles. The van der Waals surface area contributed by atoms with Crippen molar-refractivity contribution in [2.75, 3.05) is 20.7 Å². The molecule has 1 heterocycles. The third-order valence-electron chi connectivity index (χ3n) is 1.90. The Hall–Kier alpha value is -1.62. The highest BCUT2D eigenvalue weighted by atomic mass is 16.2. The summed E-state index contributed by atoms with van der Waals surface area (Å²) >= 11 is 0. The summed E-state index contributed by atoms with van der Waals surface area (Å²) in [6.07, 6.45) is 7.82. The highest BCUT2D eigenvalue weighted by Crippen LogP contribution is 1.99. The van der Waals surface area contributed by atoms with Crippen LogP contribution in [0.2, 0.25) is 0 Å². The van der Waals surface area contributed by atoms with Gasteiger partial charge in [-0.1, -0.05) is 0 Å². The standard InChI is InChI=1S/C10H16N4O/c1-11-5-3-10(12-2)14-8-9(4-6-15)7-13-14/h3,5,7-8,11,15H,4,6H2,1-2H3/b5-3-,12-10+. The van der Waals surface area contributed by atoms with Crippen molar-refractivity contribution in [1.82, 2.24) is 15.1 Å². The first-order valence-electron chi connectivity index (χ1n) is 4.77. The highest BCUT2D eigenvalue weighted by molar-refractivity contribution is 5.93. The third kappa shape index (κ3) is 3.21. The molecule has 0 radical (unpaired) electrons. The molecule has 0 amide bonds. The summed E-state index contributed by atoms with van der Waals surface area (Å²) in [4.78, 5) is 4.10. The van der Waals surface area contributed by atoms with Crippen LogP contribution in [0.4, 0.5) is 0 Å². The molecule has 0 saturated heterocycles. The fourth-order valence-electron chi connectivity index (χ4n) is 1.15. The van der Waals surface area contributed by atoms with E-state index in [0.29, 0.717) is 6.42 Å². The van der Waals surface area contributed by atoms with E-state index in [-0.39, 0.29) is 6.61 Å². The van der Waals surface area contributed by atoms with Crippen molar-refractivity contribution in [2.24, 2.45) is 4.99 Å². The Labute approximate surface area is 89.1 Å². The number of rotatable bonds is 4. The van der Waals surface area contributed by atoms with E-state index in [1.54, 1.807) is 24.1 Å². The zero-order valence-electron chi connectivity index (χ0n) is 9.01. The molecule has 2 N–H and O–H groups in total. The SMILES string of the molecule is C/N=C(\C=C/NC)n1cc(CCO)cn1. The molecule has 0 fully saturated rings. The van der Waals surface area contributed by atoms with Gasteiger partial charge in [0.2, 0.25) is 0 Å². The second-order valence-corrected chi connectivity index (χ2v) is 2.97. The molecule has 0 bridgehead atoms. The summed E-state index contributed by atoms with van der Waals surface area (Å²) in [5.41, 5.74) is 0.997. The first kappa shape index (κ1) is 11.5. The number of allylic oxidation sites excluding steroid dienone is 1. The summed E-state index contributed by atoms with van der Waals surface area (Å²) in [5, 5.41) is 15.8. The van der Waals surface area contributed by atoms with Gasteiger partial charge in [0.05, 0.1) is 6.20 Å². The van der Waals surface area contributed by atoms with E-state index in [2.05, 4.69) is 15.4 Å². The number of nitrogens with zero attached hydrogens (tertiary/aromatic N) is 3. The molecule has 0 saturated carbocycles. The van der Waals surface area contributed by atoms with E-state index in [1.165, 1.54) is 0 Å². The lowest BCUT2D eigenvalue weighted by Crippen LogP contribution is -2.10. The summed E-state index contributed by atoms with van der Waals surface area (Å²) in [6, 6.07) is 0. The molecule has 5 nitrogen and oxygen atoms in total. The topological polar surface area (TPSA) is 62.4 Å². The van der Waals surface area contributed by atoms with Crippen molar-refractivity contribution in [3.63, 3.8) is 0 Å². The van der Waals surface area contributed by atoms with Gasteiger partial charge in [-0.05, 0) is 24.3 Å². The number of aliphatic imine (C=N–C) groups is 1. The minimum atomic E-state index is 0.136. The Balaban J connectivity index is 2.79. The summed E-state index contributed by atoms with van der Waals surface area (Å²) in [5.74, 6) is 0.744. The van der Waals surface area contributed by atoms with Crippen molar-refractivity contribution in [3.05, 3.63) is 30.2 Å². The molecule has 0 atom stereocenters. The molecule has 0 aliphatic heterocycles. The normalized spacial score (nSPS) is 12.3. The van der Waals surface area contributed by atoms with E-state index in [0.717, 1.165) is 11.4 Å². The zero-order valence-corrected chi connectivity index (χ0v) is 9.01. The van der Waals surface area contributed by atoms with Crippen LogP contribution in [-0.4, -0.2) is 41.4 Å². The Bertz CT molecular complexity index is 354. The van der Waals surface area contributed by atoms with Crippen LogP contribution in [0, 0.1) is 0 Å². The van der Waals surface area contributed by atoms with Gasteiger partial charge >= 0.3 is 0 Å². The van der Waals surface area contributed by atoms with Crippen LogP contribution in [0.3, 0.4) is 0 Å². The fraction of sp³-hybridized carbons (Fsp3) is 0.400. The molecule has 1 rings (SSSR count). The maximum absolute atomic E-state index is 8.77. The minimum absolute atomic E-state index is 0.136. The number of aliphatic hydroxyl groups excluding tert-OH is 1. The summed E-state index contributed by atoms with van der Waals surface area (Å²) in [6.45, 7) is 0.136. The van der Waals surface area contributed by atoms with Gasteiger partial charge < -0.3 is 10.4 Å². The van der Waals surface area contributed by atoms with E-state index >= 15 is 0 Å². The number of aliphatic hydroxyl groups is 1. The second kappa shape index (κ2) is 5.98. The predicted octanol–water partition coefficient (Wildman–Crippen LogP) is 0.0274. The number of aromatic nitrogens is 2. The lowest BCUT2D eigenvalue weighted by atomic mass is 10.3. The van der Waals surface area contributed by atoms with Gasteiger partial charge in [0.1, 0.15) is 5.84 Å². The van der Waals surface area contributed by atoms with E-state index in [4.69, 9.17) is 5.11 Å². The smallest absolute Gasteiger partial charge is 0.149 e. The van der Waals surface area contributed by atoms with Gasteiger partial charge in [-0.3, -0.25) is 4.99 Å². The summed E-state index contributed by atoms with van der Waals surface area (Å²) < 4.78 is 1.68. The molecule has 0 unspecified atom stereocenters. The van der Waals surface area contributed by atoms with Crippen LogP contribution >= 0.6 is 0 Å². The monoisotopic (exact) mass is 208 g/mol. The zero-order chi connectivity index (χ0) is 11.1.